The van der Waals surface area contributed by atoms with Crippen LogP contribution >= 0.6 is 11.3 Å². The Morgan fingerprint density at radius 3 is 2.33 bits per heavy atom. The summed E-state index contributed by atoms with van der Waals surface area (Å²) in [6, 6.07) is 7.26. The lowest BCUT2D eigenvalue weighted by atomic mass is 10.0. The molecular formula is C24H27F3N2O5S2. The number of nitriles is 1. The Morgan fingerprint density at radius 1 is 1.25 bits per heavy atom. The maximum Gasteiger partial charge on any atom is 0.417 e. The fourth-order valence-corrected chi connectivity index (χ4v) is 7.21. The first-order valence-electron chi connectivity index (χ1n) is 11.2. The predicted octanol–water partition coefficient (Wildman–Crippen LogP) is 5.70. The van der Waals surface area contributed by atoms with Crippen molar-refractivity contribution in [1.29, 1.82) is 5.26 Å². The maximum atomic E-state index is 13.7. The van der Waals surface area contributed by atoms with Crippen molar-refractivity contribution in [3.63, 3.8) is 0 Å². The summed E-state index contributed by atoms with van der Waals surface area (Å²) < 4.78 is 72.2. The first kappa shape index (κ1) is 28.0. The second-order valence-electron chi connectivity index (χ2n) is 9.00. The van der Waals surface area contributed by atoms with Crippen LogP contribution in [0.5, 0.6) is 0 Å². The van der Waals surface area contributed by atoms with Crippen LogP contribution in [0.15, 0.2) is 29.2 Å². The molecule has 0 bridgehead atoms. The van der Waals surface area contributed by atoms with Crippen molar-refractivity contribution < 1.29 is 36.2 Å². The van der Waals surface area contributed by atoms with Gasteiger partial charge in [-0.15, -0.1) is 11.3 Å². The molecule has 1 amide bonds. The zero-order chi connectivity index (χ0) is 26.9. The standard InChI is InChI=1S/C19H21F3O3S2.C5H6N2O2/c1-11-8-16(12(2)26-11)13-4-7-18(17(9-13)19(20,21)22)27(23,24)15-6-5-14(10-15)25-3;6-3-5(1-2-5)7-4(8)9/h4,7-9,14-15H,5-6,10H2,1-3H3;7H,1-2H2,(H,8,9)/t14-,15-;/m0./s1. The Morgan fingerprint density at radius 2 is 1.92 bits per heavy atom. The van der Waals surface area contributed by atoms with E-state index in [-0.39, 0.29) is 12.5 Å². The van der Waals surface area contributed by atoms with Crippen molar-refractivity contribution in [3.8, 4) is 17.2 Å². The van der Waals surface area contributed by atoms with Gasteiger partial charge in [-0.1, -0.05) is 6.07 Å². The van der Waals surface area contributed by atoms with E-state index < -0.39 is 43.4 Å². The van der Waals surface area contributed by atoms with Gasteiger partial charge in [-0.2, -0.15) is 18.4 Å². The number of sulfone groups is 1. The maximum absolute atomic E-state index is 13.7. The molecule has 4 rings (SSSR count). The zero-order valence-corrected chi connectivity index (χ0v) is 21.6. The van der Waals surface area contributed by atoms with Crippen LogP contribution in [-0.2, 0) is 20.8 Å². The third-order valence-corrected chi connectivity index (χ3v) is 9.60. The summed E-state index contributed by atoms with van der Waals surface area (Å²) in [6.45, 7) is 3.73. The van der Waals surface area contributed by atoms with Crippen molar-refractivity contribution in [2.45, 2.75) is 73.9 Å². The molecule has 36 heavy (non-hydrogen) atoms. The fraction of sp³-hybridized carbons (Fsp3) is 0.500. The molecule has 12 heteroatoms. The normalized spacial score (nSPS) is 20.7. The van der Waals surface area contributed by atoms with Gasteiger partial charge in [0.2, 0.25) is 0 Å². The SMILES string of the molecule is CO[C@H]1CC[C@H](S(=O)(=O)c2ccc(-c3cc(C)sc3C)cc2C(F)(F)F)C1.N#CC1(NC(=O)O)CC1. The van der Waals surface area contributed by atoms with Crippen molar-refractivity contribution >= 4 is 27.3 Å². The molecule has 2 fully saturated rings. The lowest BCUT2D eigenvalue weighted by molar-refractivity contribution is -0.139. The highest BCUT2D eigenvalue weighted by atomic mass is 32.2. The van der Waals surface area contributed by atoms with E-state index in [2.05, 4.69) is 5.32 Å². The van der Waals surface area contributed by atoms with Gasteiger partial charge in [0, 0.05) is 16.9 Å². The number of methoxy groups -OCH3 is 1. The van der Waals surface area contributed by atoms with Gasteiger partial charge in [0.1, 0.15) is 5.54 Å². The van der Waals surface area contributed by atoms with Crippen LogP contribution in [0, 0.1) is 25.2 Å². The van der Waals surface area contributed by atoms with E-state index >= 15 is 0 Å². The summed E-state index contributed by atoms with van der Waals surface area (Å²) in [5, 5.41) is 17.8. The van der Waals surface area contributed by atoms with Gasteiger partial charge in [-0.25, -0.2) is 13.2 Å². The van der Waals surface area contributed by atoms with Crippen LogP contribution in [0.4, 0.5) is 18.0 Å². The molecule has 7 nitrogen and oxygen atoms in total. The smallest absolute Gasteiger partial charge is 0.417 e. The number of nitrogens with zero attached hydrogens (tertiary/aromatic N) is 1. The second-order valence-corrected chi connectivity index (χ2v) is 12.7. The number of nitrogens with one attached hydrogen (secondary N) is 1. The minimum absolute atomic E-state index is 0.223. The van der Waals surface area contributed by atoms with Gasteiger partial charge >= 0.3 is 12.3 Å². The number of thiophene rings is 1. The molecule has 2 N–H and O–H groups in total. The van der Waals surface area contributed by atoms with Crippen molar-refractivity contribution in [2.24, 2.45) is 0 Å². The van der Waals surface area contributed by atoms with Crippen LogP contribution in [0.25, 0.3) is 11.1 Å². The number of rotatable bonds is 5. The first-order chi connectivity index (χ1) is 16.7. The van der Waals surface area contributed by atoms with Gasteiger partial charge in [0.15, 0.2) is 9.84 Å². The number of aryl methyl sites for hydroxylation is 2. The molecule has 2 aliphatic rings. The van der Waals surface area contributed by atoms with Crippen LogP contribution < -0.4 is 5.32 Å². The number of carbonyl (C=O) groups is 1. The molecule has 2 aromatic rings. The van der Waals surface area contributed by atoms with Gasteiger partial charge in [0.05, 0.1) is 27.9 Å². The summed E-state index contributed by atoms with van der Waals surface area (Å²) in [7, 11) is -2.61. The van der Waals surface area contributed by atoms with Crippen molar-refractivity contribution in [1.82, 2.24) is 5.32 Å². The molecule has 2 aliphatic carbocycles. The number of alkyl halides is 3. The predicted molar refractivity (Wildman–Crippen MR) is 129 cm³/mol. The topological polar surface area (TPSA) is 116 Å². The molecule has 2 atom stereocenters. The van der Waals surface area contributed by atoms with Crippen molar-refractivity contribution in [3.05, 3.63) is 39.6 Å². The summed E-state index contributed by atoms with van der Waals surface area (Å²) in [6.07, 6.45) is -3.73. The fourth-order valence-electron chi connectivity index (χ4n) is 4.26. The number of benzene rings is 1. The minimum atomic E-state index is -4.75. The molecule has 0 radical (unpaired) electrons. The first-order valence-corrected chi connectivity index (χ1v) is 13.6. The van der Waals surface area contributed by atoms with Gasteiger partial charge in [-0.05, 0) is 75.3 Å². The number of hydrogen-bond donors (Lipinski definition) is 2. The number of amides is 1. The van der Waals surface area contributed by atoms with Crippen molar-refractivity contribution in [2.75, 3.05) is 7.11 Å². The molecule has 196 valence electrons. The van der Waals surface area contributed by atoms with E-state index in [0.29, 0.717) is 36.8 Å². The average Bonchev–Trinajstić information content (AvgIpc) is 3.23. The summed E-state index contributed by atoms with van der Waals surface area (Å²) in [4.78, 5) is 11.2. The Bertz CT molecular complexity index is 1280. The molecule has 1 aromatic heterocycles. The lowest BCUT2D eigenvalue weighted by Gasteiger charge is -2.18. The highest BCUT2D eigenvalue weighted by molar-refractivity contribution is 7.92. The van der Waals surface area contributed by atoms with Gasteiger partial charge < -0.3 is 15.2 Å². The number of hydrogen-bond acceptors (Lipinski definition) is 6. The lowest BCUT2D eigenvalue weighted by Crippen LogP contribution is -2.33. The monoisotopic (exact) mass is 544 g/mol. The minimum Gasteiger partial charge on any atom is -0.465 e. The quantitative estimate of drug-likeness (QED) is 0.499. The molecule has 1 aromatic carbocycles. The molecule has 1 heterocycles. The summed E-state index contributed by atoms with van der Waals surface area (Å²) in [5.74, 6) is 0. The Kier molecular flexibility index (Phi) is 8.07. The van der Waals surface area contributed by atoms with Gasteiger partial charge in [0.25, 0.3) is 0 Å². The second kappa shape index (κ2) is 10.4. The summed E-state index contributed by atoms with van der Waals surface area (Å²) in [5.41, 5.74) is -0.744. The van der Waals surface area contributed by atoms with E-state index in [9.17, 15) is 26.4 Å². The third kappa shape index (κ3) is 6.19. The molecular weight excluding hydrogens is 517 g/mol. The van der Waals surface area contributed by atoms with Crippen LogP contribution in [0.2, 0.25) is 0 Å². The molecule has 0 unspecified atom stereocenters. The van der Waals surface area contributed by atoms with E-state index in [1.165, 1.54) is 24.5 Å². The Hall–Kier alpha value is -2.62. The van der Waals surface area contributed by atoms with Crippen LogP contribution in [-0.4, -0.2) is 43.6 Å². The zero-order valence-electron chi connectivity index (χ0n) is 20.0. The van der Waals surface area contributed by atoms with Crippen LogP contribution in [0.3, 0.4) is 0 Å². The Labute approximate surface area is 211 Å². The Balaban J connectivity index is 0.000000338. The number of ether oxygens (including phenoxy) is 1. The highest BCUT2D eigenvalue weighted by Gasteiger charge is 2.45. The number of carboxylic acid groups (broad SMARTS) is 1. The van der Waals surface area contributed by atoms with E-state index in [1.807, 2.05) is 26.0 Å². The van der Waals surface area contributed by atoms with E-state index in [1.54, 1.807) is 0 Å². The van der Waals surface area contributed by atoms with E-state index in [4.69, 9.17) is 15.1 Å². The van der Waals surface area contributed by atoms with Gasteiger partial charge in [-0.3, -0.25) is 0 Å². The molecule has 0 aliphatic heterocycles. The average molecular weight is 545 g/mol. The third-order valence-electron chi connectivity index (χ3n) is 6.36. The molecule has 0 saturated heterocycles. The van der Waals surface area contributed by atoms with E-state index in [0.717, 1.165) is 21.9 Å². The summed E-state index contributed by atoms with van der Waals surface area (Å²) >= 11 is 1.50. The molecule has 0 spiro atoms. The van der Waals surface area contributed by atoms with Crippen LogP contribution in [0.1, 0.15) is 47.4 Å². The number of halogens is 3. The largest absolute Gasteiger partial charge is 0.465 e. The highest BCUT2D eigenvalue weighted by Crippen LogP contribution is 2.41. The molecule has 2 saturated carbocycles.